The molecule has 0 aliphatic heterocycles. The van der Waals surface area contributed by atoms with E-state index in [0.29, 0.717) is 21.9 Å². The Morgan fingerprint density at radius 2 is 1.91 bits per heavy atom. The third-order valence-electron chi connectivity index (χ3n) is 4.87. The van der Waals surface area contributed by atoms with E-state index in [1.165, 1.54) is 11.8 Å². The lowest BCUT2D eigenvalue weighted by atomic mass is 10.1. The van der Waals surface area contributed by atoms with Crippen LogP contribution in [0.1, 0.15) is 36.8 Å². The highest BCUT2D eigenvalue weighted by molar-refractivity contribution is 7.99. The van der Waals surface area contributed by atoms with Crippen LogP contribution in [0, 0.1) is 13.8 Å². The largest absolute Gasteiger partial charge is 0.408 e. The molecule has 2 heterocycles. The van der Waals surface area contributed by atoms with E-state index in [-0.39, 0.29) is 23.6 Å². The molecule has 170 valence electrons. The molecule has 0 aliphatic rings. The topological polar surface area (TPSA) is 98.7 Å². The van der Waals surface area contributed by atoms with Gasteiger partial charge < -0.3 is 4.42 Å². The van der Waals surface area contributed by atoms with Crippen molar-refractivity contribution in [1.29, 1.82) is 0 Å². The first-order valence-electron chi connectivity index (χ1n) is 10.4. The molecule has 4 aromatic rings. The molecule has 0 bridgehead atoms. The number of anilines is 1. The number of thioether (sulfide) groups is 1. The van der Waals surface area contributed by atoms with Crippen molar-refractivity contribution in [2.24, 2.45) is 0 Å². The summed E-state index contributed by atoms with van der Waals surface area (Å²) in [5.41, 5.74) is 3.83. The summed E-state index contributed by atoms with van der Waals surface area (Å²) in [6.07, 6.45) is 0. The molecule has 8 nitrogen and oxygen atoms in total. The third kappa shape index (κ3) is 5.09. The Balaban J connectivity index is 1.63. The summed E-state index contributed by atoms with van der Waals surface area (Å²) in [7, 11) is 0. The summed E-state index contributed by atoms with van der Waals surface area (Å²) < 4.78 is 7.39. The molecule has 0 saturated carbocycles. The van der Waals surface area contributed by atoms with Crippen molar-refractivity contribution in [1.82, 2.24) is 25.0 Å². The molecule has 0 atom stereocenters. The monoisotopic (exact) mass is 482 g/mol. The van der Waals surface area contributed by atoms with Gasteiger partial charge in [-0.1, -0.05) is 66.6 Å². The van der Waals surface area contributed by atoms with E-state index in [1.807, 2.05) is 62.6 Å². The number of hydrogen-bond acceptors (Lipinski definition) is 7. The van der Waals surface area contributed by atoms with Crippen LogP contribution in [-0.2, 0) is 4.79 Å². The lowest BCUT2D eigenvalue weighted by molar-refractivity contribution is -0.113. The van der Waals surface area contributed by atoms with E-state index in [0.717, 1.165) is 22.4 Å². The third-order valence-corrected chi connectivity index (χ3v) is 6.13. The summed E-state index contributed by atoms with van der Waals surface area (Å²) in [5, 5.41) is 20.4. The molecule has 10 heteroatoms. The Hall–Kier alpha value is -3.17. The summed E-state index contributed by atoms with van der Waals surface area (Å²) in [5.74, 6) is 0.962. The number of benzene rings is 2. The van der Waals surface area contributed by atoms with Gasteiger partial charge in [-0.25, -0.2) is 0 Å². The number of rotatable bonds is 7. The van der Waals surface area contributed by atoms with Gasteiger partial charge in [0, 0.05) is 11.5 Å². The fraction of sp³-hybridized carbons (Fsp3) is 0.261. The van der Waals surface area contributed by atoms with Gasteiger partial charge in [0.15, 0.2) is 11.0 Å². The van der Waals surface area contributed by atoms with Gasteiger partial charge in [0.2, 0.25) is 11.8 Å². The lowest BCUT2D eigenvalue weighted by Crippen LogP contribution is -2.15. The molecule has 4 rings (SSSR count). The SMILES string of the molecule is Cc1ccc(C)c(-n2c(SCC(=O)Nc3nnc(C(C)C)o3)nnc2-c2ccccc2Cl)c1. The summed E-state index contributed by atoms with van der Waals surface area (Å²) in [4.78, 5) is 12.5. The smallest absolute Gasteiger partial charge is 0.322 e. The highest BCUT2D eigenvalue weighted by Gasteiger charge is 2.21. The normalized spacial score (nSPS) is 11.2. The quantitative estimate of drug-likeness (QED) is 0.350. The maximum Gasteiger partial charge on any atom is 0.322 e. The van der Waals surface area contributed by atoms with Crippen LogP contribution in [0.3, 0.4) is 0 Å². The van der Waals surface area contributed by atoms with Gasteiger partial charge in [0.05, 0.1) is 16.5 Å². The van der Waals surface area contributed by atoms with Crippen LogP contribution in [0.2, 0.25) is 5.02 Å². The second kappa shape index (κ2) is 9.76. The molecule has 0 spiro atoms. The molecule has 0 radical (unpaired) electrons. The number of amides is 1. The maximum atomic E-state index is 12.5. The number of halogens is 1. The number of aryl methyl sites for hydroxylation is 2. The molecule has 0 unspecified atom stereocenters. The molecule has 0 fully saturated rings. The minimum absolute atomic E-state index is 0.0804. The van der Waals surface area contributed by atoms with Gasteiger partial charge in [0.25, 0.3) is 0 Å². The van der Waals surface area contributed by atoms with E-state index < -0.39 is 0 Å². The molecular weight excluding hydrogens is 460 g/mol. The van der Waals surface area contributed by atoms with Gasteiger partial charge >= 0.3 is 6.01 Å². The van der Waals surface area contributed by atoms with E-state index in [2.05, 4.69) is 37.8 Å². The van der Waals surface area contributed by atoms with E-state index >= 15 is 0 Å². The zero-order chi connectivity index (χ0) is 23.5. The van der Waals surface area contributed by atoms with Crippen molar-refractivity contribution in [3.63, 3.8) is 0 Å². The standard InChI is InChI=1S/C23H23ClN6O2S/c1-13(2)21-27-28-22(32-21)25-19(31)12-33-23-29-26-20(16-7-5-6-8-17(16)24)30(23)18-11-14(3)9-10-15(18)4/h5-11,13H,12H2,1-4H3,(H,25,28,31). The second-order valence-corrected chi connectivity index (χ2v) is 9.20. The van der Waals surface area contributed by atoms with E-state index in [9.17, 15) is 4.79 Å². The molecule has 33 heavy (non-hydrogen) atoms. The Labute approximate surface area is 200 Å². The average Bonchev–Trinajstić information content (AvgIpc) is 3.41. The molecule has 0 aliphatic carbocycles. The van der Waals surface area contributed by atoms with Crippen LogP contribution in [-0.4, -0.2) is 36.6 Å². The van der Waals surface area contributed by atoms with Crippen molar-refractivity contribution >= 4 is 35.3 Å². The predicted molar refractivity (Wildman–Crippen MR) is 129 cm³/mol. The molecule has 0 saturated heterocycles. The van der Waals surface area contributed by atoms with Gasteiger partial charge in [-0.3, -0.25) is 14.7 Å². The second-order valence-electron chi connectivity index (χ2n) is 7.85. The number of nitrogens with zero attached hydrogens (tertiary/aromatic N) is 5. The van der Waals surface area contributed by atoms with Gasteiger partial charge in [-0.2, -0.15) is 0 Å². The molecule has 2 aromatic heterocycles. The number of nitrogens with one attached hydrogen (secondary N) is 1. The van der Waals surface area contributed by atoms with Crippen molar-refractivity contribution in [2.75, 3.05) is 11.1 Å². The van der Waals surface area contributed by atoms with Crippen LogP contribution in [0.25, 0.3) is 17.1 Å². The van der Waals surface area contributed by atoms with Crippen molar-refractivity contribution in [2.45, 2.75) is 38.8 Å². The Bertz CT molecular complexity index is 1300. The Morgan fingerprint density at radius 3 is 2.64 bits per heavy atom. The molecule has 1 N–H and O–H groups in total. The summed E-state index contributed by atoms with van der Waals surface area (Å²) >= 11 is 7.73. The van der Waals surface area contributed by atoms with E-state index in [4.69, 9.17) is 16.0 Å². The highest BCUT2D eigenvalue weighted by Crippen LogP contribution is 2.33. The van der Waals surface area contributed by atoms with Crippen LogP contribution >= 0.6 is 23.4 Å². The van der Waals surface area contributed by atoms with Gasteiger partial charge in [-0.15, -0.1) is 15.3 Å². The zero-order valence-corrected chi connectivity index (χ0v) is 20.2. The van der Waals surface area contributed by atoms with Crippen molar-refractivity contribution < 1.29 is 9.21 Å². The maximum absolute atomic E-state index is 12.5. The fourth-order valence-corrected chi connectivity index (χ4v) is 4.13. The van der Waals surface area contributed by atoms with Crippen molar-refractivity contribution in [3.05, 3.63) is 64.5 Å². The summed E-state index contributed by atoms with van der Waals surface area (Å²) in [6, 6.07) is 13.7. The first-order chi connectivity index (χ1) is 15.8. The minimum atomic E-state index is -0.284. The first kappa shape index (κ1) is 23.0. The van der Waals surface area contributed by atoms with Gasteiger partial charge in [-0.05, 0) is 43.2 Å². The number of carbonyl (C=O) groups excluding carboxylic acids is 1. The van der Waals surface area contributed by atoms with Crippen LogP contribution in [0.5, 0.6) is 0 Å². The van der Waals surface area contributed by atoms with E-state index in [1.54, 1.807) is 0 Å². The number of hydrogen-bond donors (Lipinski definition) is 1. The first-order valence-corrected chi connectivity index (χ1v) is 11.7. The van der Waals surface area contributed by atoms with Crippen LogP contribution < -0.4 is 5.32 Å². The Kier molecular flexibility index (Phi) is 6.80. The predicted octanol–water partition coefficient (Wildman–Crippen LogP) is 5.44. The van der Waals surface area contributed by atoms with Crippen molar-refractivity contribution in [3.8, 4) is 17.1 Å². The van der Waals surface area contributed by atoms with Crippen LogP contribution in [0.15, 0.2) is 52.0 Å². The van der Waals surface area contributed by atoms with Crippen LogP contribution in [0.4, 0.5) is 6.01 Å². The fourth-order valence-electron chi connectivity index (χ4n) is 3.16. The lowest BCUT2D eigenvalue weighted by Gasteiger charge is -2.14. The Morgan fingerprint density at radius 1 is 1.12 bits per heavy atom. The molecule has 2 aromatic carbocycles. The van der Waals surface area contributed by atoms with Gasteiger partial charge in [0.1, 0.15) is 0 Å². The molecule has 1 amide bonds. The average molecular weight is 483 g/mol. The number of carbonyl (C=O) groups is 1. The zero-order valence-electron chi connectivity index (χ0n) is 18.7. The highest BCUT2D eigenvalue weighted by atomic mass is 35.5. The summed E-state index contributed by atoms with van der Waals surface area (Å²) in [6.45, 7) is 7.92. The number of aromatic nitrogens is 5. The minimum Gasteiger partial charge on any atom is -0.408 e. The molecular formula is C23H23ClN6O2S.